The summed E-state index contributed by atoms with van der Waals surface area (Å²) in [6, 6.07) is 0. The van der Waals surface area contributed by atoms with Gasteiger partial charge in [-0.2, -0.15) is 0 Å². The van der Waals surface area contributed by atoms with Crippen molar-refractivity contribution < 1.29 is 14.7 Å². The number of fused-ring (bicyclic) bond motifs is 5. The van der Waals surface area contributed by atoms with Crippen LogP contribution in [0.3, 0.4) is 0 Å². The molecule has 4 aliphatic carbocycles. The van der Waals surface area contributed by atoms with E-state index in [-0.39, 0.29) is 16.6 Å². The molecule has 3 heteroatoms. The third-order valence-corrected chi connectivity index (χ3v) is 9.01. The summed E-state index contributed by atoms with van der Waals surface area (Å²) in [6.45, 7) is 8.40. The molecule has 0 bridgehead atoms. The Morgan fingerprint density at radius 1 is 1.16 bits per heavy atom. The van der Waals surface area contributed by atoms with Gasteiger partial charge in [-0.3, -0.25) is 9.59 Å². The van der Waals surface area contributed by atoms with E-state index < -0.39 is 5.60 Å². The summed E-state index contributed by atoms with van der Waals surface area (Å²) in [5.74, 6) is 2.27. The van der Waals surface area contributed by atoms with Gasteiger partial charge in [0.15, 0.2) is 11.6 Å². The summed E-state index contributed by atoms with van der Waals surface area (Å²) in [6.07, 6.45) is 8.31. The first kappa shape index (κ1) is 17.5. The van der Waals surface area contributed by atoms with E-state index in [1.165, 1.54) is 5.57 Å². The predicted octanol–water partition coefficient (Wildman–Crippen LogP) is 4.08. The normalized spacial score (nSPS) is 52.0. The average molecular weight is 344 g/mol. The molecule has 4 aliphatic rings. The highest BCUT2D eigenvalue weighted by atomic mass is 16.3. The highest BCUT2D eigenvalue weighted by Gasteiger charge is 2.66. The van der Waals surface area contributed by atoms with E-state index in [0.717, 1.165) is 32.1 Å². The van der Waals surface area contributed by atoms with Crippen molar-refractivity contribution >= 4 is 11.6 Å². The molecule has 25 heavy (non-hydrogen) atoms. The fourth-order valence-electron chi connectivity index (χ4n) is 7.58. The zero-order valence-electron chi connectivity index (χ0n) is 16.1. The minimum atomic E-state index is -1.13. The predicted molar refractivity (Wildman–Crippen MR) is 96.9 cm³/mol. The fourth-order valence-corrected chi connectivity index (χ4v) is 7.58. The number of hydrogen-bond donors (Lipinski definition) is 1. The summed E-state index contributed by atoms with van der Waals surface area (Å²) in [5.41, 5.74) is 0.107. The highest BCUT2D eigenvalue weighted by molar-refractivity contribution is 5.91. The Bertz CT molecular complexity index is 664. The summed E-state index contributed by atoms with van der Waals surface area (Å²) in [4.78, 5) is 24.3. The third kappa shape index (κ3) is 2.08. The van der Waals surface area contributed by atoms with Gasteiger partial charge >= 0.3 is 0 Å². The van der Waals surface area contributed by atoms with Crippen LogP contribution in [0.15, 0.2) is 11.6 Å². The molecule has 4 rings (SSSR count). The number of Topliss-reactive ketones (excluding diaryl/α,β-unsaturated/α-hetero) is 1. The second kappa shape index (κ2) is 5.28. The van der Waals surface area contributed by atoms with E-state index in [1.807, 2.05) is 6.08 Å². The summed E-state index contributed by atoms with van der Waals surface area (Å²) >= 11 is 0. The molecule has 0 heterocycles. The zero-order valence-corrected chi connectivity index (χ0v) is 16.1. The molecule has 0 aromatic heterocycles. The van der Waals surface area contributed by atoms with Gasteiger partial charge < -0.3 is 5.11 Å². The van der Waals surface area contributed by atoms with Gasteiger partial charge in [-0.25, -0.2) is 0 Å². The van der Waals surface area contributed by atoms with Crippen molar-refractivity contribution in [2.24, 2.45) is 34.5 Å². The molecule has 3 fully saturated rings. The van der Waals surface area contributed by atoms with E-state index in [1.54, 1.807) is 6.92 Å². The van der Waals surface area contributed by atoms with Gasteiger partial charge in [0.05, 0.1) is 0 Å². The number of hydrogen-bond acceptors (Lipinski definition) is 3. The van der Waals surface area contributed by atoms with Crippen LogP contribution in [0.1, 0.15) is 72.6 Å². The molecule has 0 spiro atoms. The first-order valence-corrected chi connectivity index (χ1v) is 10.1. The molecule has 1 N–H and O–H groups in total. The maximum Gasteiger partial charge on any atom is 0.161 e. The number of carbonyl (C=O) groups is 2. The second-order valence-corrected chi connectivity index (χ2v) is 9.91. The lowest BCUT2D eigenvalue weighted by atomic mass is 9.45. The van der Waals surface area contributed by atoms with Gasteiger partial charge in [-0.15, -0.1) is 0 Å². The van der Waals surface area contributed by atoms with Crippen LogP contribution in [-0.2, 0) is 9.59 Å². The Morgan fingerprint density at radius 3 is 2.52 bits per heavy atom. The van der Waals surface area contributed by atoms with Crippen LogP contribution < -0.4 is 0 Å². The number of ketones is 2. The van der Waals surface area contributed by atoms with Crippen molar-refractivity contribution in [3.8, 4) is 0 Å². The molecular formula is C22H32O3. The van der Waals surface area contributed by atoms with Crippen molar-refractivity contribution in [2.45, 2.75) is 78.2 Å². The quantitative estimate of drug-likeness (QED) is 0.779. The Kier molecular flexibility index (Phi) is 3.69. The third-order valence-electron chi connectivity index (χ3n) is 9.01. The van der Waals surface area contributed by atoms with Crippen molar-refractivity contribution in [1.29, 1.82) is 0 Å². The molecule has 0 unspecified atom stereocenters. The van der Waals surface area contributed by atoms with Crippen LogP contribution in [0, 0.1) is 34.5 Å². The second-order valence-electron chi connectivity index (χ2n) is 9.91. The molecule has 0 amide bonds. The SMILES string of the molecule is CC(=O)[C@]1(O)CC[C@@H]2[C@@H]3C[C@@H](C)C4=CC(=O)CC[C@]4(C)[C@H]3CC[C@@]21C. The Morgan fingerprint density at radius 2 is 1.84 bits per heavy atom. The summed E-state index contributed by atoms with van der Waals surface area (Å²) in [7, 11) is 0. The van der Waals surface area contributed by atoms with Crippen molar-refractivity contribution in [2.75, 3.05) is 0 Å². The molecule has 0 aromatic rings. The number of carbonyl (C=O) groups excluding carboxylic acids is 2. The molecule has 0 radical (unpaired) electrons. The monoisotopic (exact) mass is 344 g/mol. The number of aliphatic hydroxyl groups is 1. The van der Waals surface area contributed by atoms with Gasteiger partial charge in [0, 0.05) is 11.8 Å². The minimum absolute atomic E-state index is 0.0464. The Labute approximate surface area is 151 Å². The molecule has 0 aliphatic heterocycles. The van der Waals surface area contributed by atoms with Gasteiger partial charge in [0.2, 0.25) is 0 Å². The van der Waals surface area contributed by atoms with E-state index >= 15 is 0 Å². The van der Waals surface area contributed by atoms with Gasteiger partial charge in [0.25, 0.3) is 0 Å². The summed E-state index contributed by atoms with van der Waals surface area (Å²) < 4.78 is 0. The first-order chi connectivity index (χ1) is 11.6. The van der Waals surface area contributed by atoms with Crippen LogP contribution in [-0.4, -0.2) is 22.3 Å². The largest absolute Gasteiger partial charge is 0.382 e. The number of allylic oxidation sites excluding steroid dienone is 1. The van der Waals surface area contributed by atoms with Crippen LogP contribution in [0.25, 0.3) is 0 Å². The molecule has 0 saturated heterocycles. The molecule has 7 atom stereocenters. The fraction of sp³-hybridized carbons (Fsp3) is 0.818. The van der Waals surface area contributed by atoms with Crippen molar-refractivity contribution in [3.63, 3.8) is 0 Å². The minimum Gasteiger partial charge on any atom is -0.382 e. The van der Waals surface area contributed by atoms with E-state index in [0.29, 0.717) is 42.3 Å². The summed E-state index contributed by atoms with van der Waals surface area (Å²) in [5, 5.41) is 11.2. The van der Waals surface area contributed by atoms with E-state index in [4.69, 9.17) is 0 Å². The first-order valence-electron chi connectivity index (χ1n) is 10.1. The van der Waals surface area contributed by atoms with Crippen LogP contribution in [0.4, 0.5) is 0 Å². The smallest absolute Gasteiger partial charge is 0.161 e. The average Bonchev–Trinajstić information content (AvgIpc) is 2.83. The van der Waals surface area contributed by atoms with Gasteiger partial charge in [0.1, 0.15) is 5.60 Å². The maximum absolute atomic E-state index is 12.3. The maximum atomic E-state index is 12.3. The zero-order chi connectivity index (χ0) is 18.2. The van der Waals surface area contributed by atoms with Crippen LogP contribution in [0.2, 0.25) is 0 Å². The van der Waals surface area contributed by atoms with Crippen molar-refractivity contribution in [3.05, 3.63) is 11.6 Å². The lowest BCUT2D eigenvalue weighted by molar-refractivity contribution is -0.161. The molecule has 3 nitrogen and oxygen atoms in total. The Balaban J connectivity index is 1.73. The van der Waals surface area contributed by atoms with E-state index in [2.05, 4.69) is 20.8 Å². The Hall–Kier alpha value is -0.960. The van der Waals surface area contributed by atoms with Gasteiger partial charge in [-0.05, 0) is 80.6 Å². The molecule has 0 aromatic carbocycles. The molecular weight excluding hydrogens is 312 g/mol. The molecule has 3 saturated carbocycles. The number of rotatable bonds is 1. The van der Waals surface area contributed by atoms with Crippen LogP contribution >= 0.6 is 0 Å². The van der Waals surface area contributed by atoms with Crippen molar-refractivity contribution in [1.82, 2.24) is 0 Å². The highest BCUT2D eigenvalue weighted by Crippen LogP contribution is 2.68. The van der Waals surface area contributed by atoms with Gasteiger partial charge in [-0.1, -0.05) is 26.3 Å². The lowest BCUT2D eigenvalue weighted by Gasteiger charge is -2.60. The lowest BCUT2D eigenvalue weighted by Crippen LogP contribution is -2.57. The topological polar surface area (TPSA) is 54.4 Å². The van der Waals surface area contributed by atoms with E-state index in [9.17, 15) is 14.7 Å². The standard InChI is InChI=1S/C22H32O3/c1-13-11-16-17(20(3)8-5-15(24)12-19(13)20)6-9-21(4)18(16)7-10-22(21,25)14(2)23/h12-13,16-18,25H,5-11H2,1-4H3/t13-,16-,17+,18-,20-,21+,22-/m1/s1. The van der Waals surface area contributed by atoms with Crippen LogP contribution in [0.5, 0.6) is 0 Å². The molecule has 138 valence electrons.